The fourth-order valence-electron chi connectivity index (χ4n) is 5.53. The fraction of sp³-hybridized carbons (Fsp3) is 0.500. The maximum absolute atomic E-state index is 12.4. The molecule has 188 valence electrons. The highest BCUT2D eigenvalue weighted by atomic mass is 16.5. The van der Waals surface area contributed by atoms with E-state index in [0.717, 1.165) is 41.3 Å². The van der Waals surface area contributed by atoms with Crippen molar-refractivity contribution in [2.24, 2.45) is 11.3 Å². The number of carbonyl (C=O) groups excluding carboxylic acids is 1. The van der Waals surface area contributed by atoms with Gasteiger partial charge in [0.1, 0.15) is 17.1 Å². The average Bonchev–Trinajstić information content (AvgIpc) is 3.13. The topological polar surface area (TPSA) is 74.6 Å². The van der Waals surface area contributed by atoms with Gasteiger partial charge in [0.15, 0.2) is 0 Å². The van der Waals surface area contributed by atoms with Crippen LogP contribution in [0.15, 0.2) is 36.4 Å². The Morgan fingerprint density at radius 3 is 2.46 bits per heavy atom. The van der Waals surface area contributed by atoms with E-state index in [2.05, 4.69) is 30.7 Å². The lowest BCUT2D eigenvalue weighted by molar-refractivity contribution is 0.0597. The van der Waals surface area contributed by atoms with Gasteiger partial charge >= 0.3 is 5.97 Å². The van der Waals surface area contributed by atoms with Crippen LogP contribution in [-0.4, -0.2) is 35.8 Å². The predicted molar refractivity (Wildman–Crippen MR) is 139 cm³/mol. The van der Waals surface area contributed by atoms with Crippen molar-refractivity contribution >= 4 is 28.6 Å². The predicted octanol–water partition coefficient (Wildman–Crippen LogP) is 6.75. The summed E-state index contributed by atoms with van der Waals surface area (Å²) in [7, 11) is 2.94. The summed E-state index contributed by atoms with van der Waals surface area (Å²) in [6.07, 6.45) is 3.42. The van der Waals surface area contributed by atoms with Crippen LogP contribution in [-0.2, 0) is 4.74 Å². The van der Waals surface area contributed by atoms with Crippen LogP contribution in [0.5, 0.6) is 11.5 Å². The molecule has 1 N–H and O–H groups in total. The molecule has 1 fully saturated rings. The van der Waals surface area contributed by atoms with Gasteiger partial charge in [-0.1, -0.05) is 20.8 Å². The number of ether oxygens (including phenoxy) is 3. The standard InChI is InChI=1S/C28H37N3O4/c1-17(2)35-21-10-8-19(9-11-21)29-27-30-23-13-22(26(32)34-7)25(33-6)14-24(23)31(27)20-12-18(3)15-28(4,5)16-20/h8-11,13-14,17-18,20H,12,15-16H2,1-7H3,(H,29,30)/t18-,20+/m1/s1. The van der Waals surface area contributed by atoms with E-state index in [1.54, 1.807) is 13.2 Å². The molecule has 7 heteroatoms. The van der Waals surface area contributed by atoms with Crippen molar-refractivity contribution in [2.75, 3.05) is 19.5 Å². The quantitative estimate of drug-likeness (QED) is 0.378. The largest absolute Gasteiger partial charge is 0.496 e. The number of anilines is 2. The fourth-order valence-corrected chi connectivity index (χ4v) is 5.53. The molecule has 1 saturated carbocycles. The molecule has 0 radical (unpaired) electrons. The van der Waals surface area contributed by atoms with Crippen LogP contribution in [0.1, 0.15) is 70.3 Å². The second-order valence-corrected chi connectivity index (χ2v) is 10.7. The summed E-state index contributed by atoms with van der Waals surface area (Å²) < 4.78 is 18.6. The highest BCUT2D eigenvalue weighted by Crippen LogP contribution is 2.46. The summed E-state index contributed by atoms with van der Waals surface area (Å²) in [6, 6.07) is 11.8. The SMILES string of the molecule is COC(=O)c1cc2nc(Nc3ccc(OC(C)C)cc3)n([C@H]3C[C@@H](C)CC(C)(C)C3)c2cc1OC. The van der Waals surface area contributed by atoms with E-state index in [1.807, 2.05) is 44.2 Å². The molecule has 4 rings (SSSR count). The van der Waals surface area contributed by atoms with Crippen LogP contribution < -0.4 is 14.8 Å². The molecule has 1 heterocycles. The zero-order valence-electron chi connectivity index (χ0n) is 21.8. The normalized spacial score (nSPS) is 19.5. The Balaban J connectivity index is 1.81. The molecular formula is C28H37N3O4. The van der Waals surface area contributed by atoms with Crippen molar-refractivity contribution in [2.45, 2.75) is 66.0 Å². The Labute approximate surface area is 207 Å². The summed E-state index contributed by atoms with van der Waals surface area (Å²) >= 11 is 0. The number of imidazole rings is 1. The minimum Gasteiger partial charge on any atom is -0.496 e. The summed E-state index contributed by atoms with van der Waals surface area (Å²) in [6.45, 7) is 11.0. The molecule has 2 aromatic carbocycles. The first-order chi connectivity index (χ1) is 16.6. The van der Waals surface area contributed by atoms with E-state index in [9.17, 15) is 4.79 Å². The molecule has 1 aliphatic carbocycles. The zero-order chi connectivity index (χ0) is 25.3. The van der Waals surface area contributed by atoms with E-state index < -0.39 is 5.97 Å². The van der Waals surface area contributed by atoms with Crippen LogP contribution in [0.3, 0.4) is 0 Å². The lowest BCUT2D eigenvalue weighted by Gasteiger charge is -2.40. The number of hydrogen-bond donors (Lipinski definition) is 1. The molecule has 35 heavy (non-hydrogen) atoms. The molecule has 2 atom stereocenters. The highest BCUT2D eigenvalue weighted by Gasteiger charge is 2.35. The number of nitrogens with zero attached hydrogens (tertiary/aromatic N) is 2. The number of benzene rings is 2. The molecule has 0 unspecified atom stereocenters. The average molecular weight is 480 g/mol. The molecule has 3 aromatic rings. The van der Waals surface area contributed by atoms with E-state index in [1.165, 1.54) is 13.5 Å². The summed E-state index contributed by atoms with van der Waals surface area (Å²) in [5.74, 6) is 2.21. The van der Waals surface area contributed by atoms with Gasteiger partial charge in [-0.25, -0.2) is 9.78 Å². The van der Waals surface area contributed by atoms with Gasteiger partial charge in [-0.05, 0) is 74.8 Å². The molecule has 0 saturated heterocycles. The Bertz CT molecular complexity index is 1200. The third kappa shape index (κ3) is 5.39. The molecule has 1 aromatic heterocycles. The van der Waals surface area contributed by atoms with Crippen LogP contribution in [0, 0.1) is 11.3 Å². The molecule has 7 nitrogen and oxygen atoms in total. The summed E-state index contributed by atoms with van der Waals surface area (Å²) in [5, 5.41) is 3.52. The van der Waals surface area contributed by atoms with E-state index >= 15 is 0 Å². The van der Waals surface area contributed by atoms with Gasteiger partial charge in [-0.3, -0.25) is 0 Å². The van der Waals surface area contributed by atoms with Crippen molar-refractivity contribution in [1.29, 1.82) is 0 Å². The lowest BCUT2D eigenvalue weighted by Crippen LogP contribution is -2.29. The van der Waals surface area contributed by atoms with Gasteiger partial charge in [-0.2, -0.15) is 0 Å². The first-order valence-electron chi connectivity index (χ1n) is 12.3. The minimum atomic E-state index is -0.444. The number of fused-ring (bicyclic) bond motifs is 1. The summed E-state index contributed by atoms with van der Waals surface area (Å²) in [5.41, 5.74) is 3.17. The van der Waals surface area contributed by atoms with Gasteiger partial charge in [0.05, 0.1) is 31.4 Å². The first-order valence-corrected chi connectivity index (χ1v) is 12.3. The number of methoxy groups -OCH3 is 2. The van der Waals surface area contributed by atoms with E-state index in [0.29, 0.717) is 17.2 Å². The second kappa shape index (κ2) is 9.80. The van der Waals surface area contributed by atoms with Gasteiger partial charge in [-0.15, -0.1) is 0 Å². The van der Waals surface area contributed by atoms with E-state index in [4.69, 9.17) is 19.2 Å². The number of nitrogens with one attached hydrogen (secondary N) is 1. The number of aromatic nitrogens is 2. The molecule has 0 bridgehead atoms. The maximum atomic E-state index is 12.4. The monoisotopic (exact) mass is 479 g/mol. The lowest BCUT2D eigenvalue weighted by atomic mass is 9.70. The van der Waals surface area contributed by atoms with Crippen molar-refractivity contribution in [3.63, 3.8) is 0 Å². The van der Waals surface area contributed by atoms with Crippen molar-refractivity contribution in [3.05, 3.63) is 42.0 Å². The smallest absolute Gasteiger partial charge is 0.341 e. The van der Waals surface area contributed by atoms with Gasteiger partial charge in [0.25, 0.3) is 0 Å². The van der Waals surface area contributed by atoms with Crippen LogP contribution in [0.4, 0.5) is 11.6 Å². The Hall–Kier alpha value is -3.22. The highest BCUT2D eigenvalue weighted by molar-refractivity contribution is 5.97. The molecule has 0 spiro atoms. The van der Waals surface area contributed by atoms with Gasteiger partial charge in [0.2, 0.25) is 5.95 Å². The number of esters is 1. The second-order valence-electron chi connectivity index (χ2n) is 10.7. The third-order valence-electron chi connectivity index (χ3n) is 6.63. The first kappa shape index (κ1) is 24.9. The molecule has 1 aliphatic rings. The molecule has 0 amide bonds. The Morgan fingerprint density at radius 2 is 1.86 bits per heavy atom. The molecule has 0 aliphatic heterocycles. The van der Waals surface area contributed by atoms with Crippen LogP contribution in [0.2, 0.25) is 0 Å². The van der Waals surface area contributed by atoms with Crippen molar-refractivity contribution in [3.8, 4) is 11.5 Å². The van der Waals surface area contributed by atoms with Crippen LogP contribution in [0.25, 0.3) is 11.0 Å². The van der Waals surface area contributed by atoms with E-state index in [-0.39, 0.29) is 17.6 Å². The summed E-state index contributed by atoms with van der Waals surface area (Å²) in [4.78, 5) is 17.3. The Kier molecular flexibility index (Phi) is 6.97. The molecular weight excluding hydrogens is 442 g/mol. The Morgan fingerprint density at radius 1 is 1.14 bits per heavy atom. The van der Waals surface area contributed by atoms with Crippen molar-refractivity contribution in [1.82, 2.24) is 9.55 Å². The number of carbonyl (C=O) groups is 1. The number of hydrogen-bond acceptors (Lipinski definition) is 6. The van der Waals surface area contributed by atoms with Crippen LogP contribution >= 0.6 is 0 Å². The minimum absolute atomic E-state index is 0.119. The maximum Gasteiger partial charge on any atom is 0.341 e. The third-order valence-corrected chi connectivity index (χ3v) is 6.63. The number of rotatable bonds is 7. The van der Waals surface area contributed by atoms with Gasteiger partial charge < -0.3 is 24.1 Å². The zero-order valence-corrected chi connectivity index (χ0v) is 21.8. The van der Waals surface area contributed by atoms with Crippen molar-refractivity contribution < 1.29 is 19.0 Å². The van der Waals surface area contributed by atoms with Gasteiger partial charge in [0, 0.05) is 17.8 Å².